The zero-order valence-corrected chi connectivity index (χ0v) is 12.2. The highest BCUT2D eigenvalue weighted by Crippen LogP contribution is 2.24. The van der Waals surface area contributed by atoms with Gasteiger partial charge in [-0.15, -0.1) is 0 Å². The Balaban J connectivity index is 1.85. The van der Waals surface area contributed by atoms with E-state index in [9.17, 15) is 5.11 Å². The van der Waals surface area contributed by atoms with Crippen LogP contribution in [-0.2, 0) is 15.0 Å². The van der Waals surface area contributed by atoms with Crippen LogP contribution in [0, 0.1) is 0 Å². The van der Waals surface area contributed by atoms with Gasteiger partial charge in [0.2, 0.25) is 0 Å². The summed E-state index contributed by atoms with van der Waals surface area (Å²) in [6.07, 6.45) is 3.21. The number of nitrogens with one attached hydrogen (secondary N) is 1. The fourth-order valence-electron chi connectivity index (χ4n) is 2.66. The van der Waals surface area contributed by atoms with Crippen LogP contribution in [0.15, 0.2) is 30.3 Å². The summed E-state index contributed by atoms with van der Waals surface area (Å²) in [5.74, 6) is 0. The van der Waals surface area contributed by atoms with E-state index in [0.29, 0.717) is 13.2 Å². The van der Waals surface area contributed by atoms with Gasteiger partial charge in [0.05, 0.1) is 24.9 Å². The second-order valence-electron chi connectivity index (χ2n) is 5.32. The van der Waals surface area contributed by atoms with Crippen LogP contribution >= 0.6 is 0 Å². The number of rotatable bonds is 8. The molecule has 1 aromatic carbocycles. The van der Waals surface area contributed by atoms with Gasteiger partial charge in [-0.2, -0.15) is 0 Å². The normalized spacial score (nSPS) is 21.8. The Labute approximate surface area is 121 Å². The van der Waals surface area contributed by atoms with Gasteiger partial charge in [-0.1, -0.05) is 30.3 Å². The minimum Gasteiger partial charge on any atom is -0.394 e. The molecule has 2 atom stereocenters. The minimum absolute atomic E-state index is 0.0524. The molecule has 2 unspecified atom stereocenters. The topological polar surface area (TPSA) is 50.7 Å². The summed E-state index contributed by atoms with van der Waals surface area (Å²) in [4.78, 5) is 0. The standard InChI is InChI=1S/C16H25NO3/c1-17-16(13-18,14-6-3-2-4-7-14)9-11-19-12-15-8-5-10-20-15/h2-4,6-7,15,17-18H,5,8-13H2,1H3. The van der Waals surface area contributed by atoms with Crippen LogP contribution in [0.2, 0.25) is 0 Å². The second kappa shape index (κ2) is 7.74. The lowest BCUT2D eigenvalue weighted by atomic mass is 9.88. The molecular formula is C16H25NO3. The molecule has 0 saturated carbocycles. The van der Waals surface area contributed by atoms with Crippen molar-refractivity contribution in [3.8, 4) is 0 Å². The first-order chi connectivity index (χ1) is 9.80. The summed E-state index contributed by atoms with van der Waals surface area (Å²) >= 11 is 0. The number of hydrogen-bond acceptors (Lipinski definition) is 4. The SMILES string of the molecule is CNC(CO)(CCOCC1CCCO1)c1ccccc1. The fraction of sp³-hybridized carbons (Fsp3) is 0.625. The predicted octanol–water partition coefficient (Wildman–Crippen LogP) is 1.68. The maximum absolute atomic E-state index is 9.80. The first-order valence-corrected chi connectivity index (χ1v) is 7.35. The van der Waals surface area contributed by atoms with Gasteiger partial charge < -0.3 is 19.9 Å². The molecule has 1 saturated heterocycles. The van der Waals surface area contributed by atoms with E-state index in [0.717, 1.165) is 31.4 Å². The smallest absolute Gasteiger partial charge is 0.0809 e. The number of benzene rings is 1. The lowest BCUT2D eigenvalue weighted by molar-refractivity contribution is 0.00624. The third kappa shape index (κ3) is 3.79. The predicted molar refractivity (Wildman–Crippen MR) is 78.7 cm³/mol. The van der Waals surface area contributed by atoms with E-state index in [2.05, 4.69) is 5.32 Å². The van der Waals surface area contributed by atoms with Gasteiger partial charge in [0.1, 0.15) is 0 Å². The average molecular weight is 279 g/mol. The Bertz CT molecular complexity index is 373. The number of hydrogen-bond donors (Lipinski definition) is 2. The van der Waals surface area contributed by atoms with Crippen LogP contribution in [-0.4, -0.2) is 44.7 Å². The molecule has 4 nitrogen and oxygen atoms in total. The van der Waals surface area contributed by atoms with Crippen molar-refractivity contribution in [2.24, 2.45) is 0 Å². The Hall–Kier alpha value is -0.940. The van der Waals surface area contributed by atoms with Gasteiger partial charge in [0.25, 0.3) is 0 Å². The molecule has 0 bridgehead atoms. The van der Waals surface area contributed by atoms with Crippen LogP contribution in [0.1, 0.15) is 24.8 Å². The molecule has 4 heteroatoms. The van der Waals surface area contributed by atoms with Crippen molar-refractivity contribution in [3.63, 3.8) is 0 Å². The summed E-state index contributed by atoms with van der Waals surface area (Å²) in [5, 5.41) is 13.0. The molecule has 0 spiro atoms. The van der Waals surface area contributed by atoms with Crippen molar-refractivity contribution in [2.45, 2.75) is 30.9 Å². The third-order valence-electron chi connectivity index (χ3n) is 4.08. The van der Waals surface area contributed by atoms with E-state index in [1.165, 1.54) is 0 Å². The van der Waals surface area contributed by atoms with Crippen molar-refractivity contribution >= 4 is 0 Å². The van der Waals surface area contributed by atoms with Crippen molar-refractivity contribution in [1.82, 2.24) is 5.32 Å². The van der Waals surface area contributed by atoms with Crippen LogP contribution in [0.5, 0.6) is 0 Å². The van der Waals surface area contributed by atoms with E-state index >= 15 is 0 Å². The van der Waals surface area contributed by atoms with Crippen LogP contribution in [0.3, 0.4) is 0 Å². The summed E-state index contributed by atoms with van der Waals surface area (Å²) in [7, 11) is 1.88. The summed E-state index contributed by atoms with van der Waals surface area (Å²) in [6, 6.07) is 10.0. The molecular weight excluding hydrogens is 254 g/mol. The lowest BCUT2D eigenvalue weighted by Gasteiger charge is -2.32. The van der Waals surface area contributed by atoms with Crippen LogP contribution < -0.4 is 5.32 Å². The Kier molecular flexibility index (Phi) is 5.98. The quantitative estimate of drug-likeness (QED) is 0.711. The zero-order chi connectivity index (χ0) is 14.3. The minimum atomic E-state index is -0.433. The first kappa shape index (κ1) is 15.4. The van der Waals surface area contributed by atoms with Gasteiger partial charge in [0, 0.05) is 13.2 Å². The molecule has 2 N–H and O–H groups in total. The van der Waals surface area contributed by atoms with Crippen molar-refractivity contribution < 1.29 is 14.6 Å². The van der Waals surface area contributed by atoms with Gasteiger partial charge in [-0.25, -0.2) is 0 Å². The maximum Gasteiger partial charge on any atom is 0.0809 e. The molecule has 0 amide bonds. The van der Waals surface area contributed by atoms with Crippen LogP contribution in [0.25, 0.3) is 0 Å². The fourth-order valence-corrected chi connectivity index (χ4v) is 2.66. The summed E-state index contributed by atoms with van der Waals surface area (Å²) in [6.45, 7) is 2.17. The Morgan fingerprint density at radius 1 is 1.40 bits per heavy atom. The van der Waals surface area contributed by atoms with Crippen molar-refractivity contribution in [1.29, 1.82) is 0 Å². The van der Waals surface area contributed by atoms with E-state index in [4.69, 9.17) is 9.47 Å². The summed E-state index contributed by atoms with van der Waals surface area (Å²) in [5.41, 5.74) is 0.656. The average Bonchev–Trinajstić information content (AvgIpc) is 3.02. The Morgan fingerprint density at radius 3 is 2.80 bits per heavy atom. The van der Waals surface area contributed by atoms with E-state index < -0.39 is 5.54 Å². The maximum atomic E-state index is 9.80. The van der Waals surface area contributed by atoms with E-state index in [1.807, 2.05) is 37.4 Å². The molecule has 0 radical (unpaired) electrons. The highest BCUT2D eigenvalue weighted by Gasteiger charge is 2.29. The lowest BCUT2D eigenvalue weighted by Crippen LogP contribution is -2.44. The molecule has 1 heterocycles. The highest BCUT2D eigenvalue weighted by atomic mass is 16.5. The molecule has 2 rings (SSSR count). The molecule has 1 aromatic rings. The van der Waals surface area contributed by atoms with Crippen LogP contribution in [0.4, 0.5) is 0 Å². The monoisotopic (exact) mass is 279 g/mol. The number of aliphatic hydroxyl groups is 1. The third-order valence-corrected chi connectivity index (χ3v) is 4.08. The second-order valence-corrected chi connectivity index (χ2v) is 5.32. The first-order valence-electron chi connectivity index (χ1n) is 7.35. The molecule has 1 aliphatic heterocycles. The molecule has 1 aliphatic rings. The van der Waals surface area contributed by atoms with E-state index in [1.54, 1.807) is 0 Å². The van der Waals surface area contributed by atoms with Gasteiger partial charge in [-0.3, -0.25) is 0 Å². The largest absolute Gasteiger partial charge is 0.394 e. The molecule has 112 valence electrons. The zero-order valence-electron chi connectivity index (χ0n) is 12.2. The molecule has 1 fully saturated rings. The van der Waals surface area contributed by atoms with Gasteiger partial charge in [-0.05, 0) is 31.9 Å². The highest BCUT2D eigenvalue weighted by molar-refractivity contribution is 5.24. The number of ether oxygens (including phenoxy) is 2. The summed E-state index contributed by atoms with van der Waals surface area (Å²) < 4.78 is 11.3. The van der Waals surface area contributed by atoms with Gasteiger partial charge >= 0.3 is 0 Å². The van der Waals surface area contributed by atoms with Crippen molar-refractivity contribution in [2.75, 3.05) is 33.5 Å². The number of likely N-dealkylation sites (N-methyl/N-ethyl adjacent to an activating group) is 1. The molecule has 20 heavy (non-hydrogen) atoms. The Morgan fingerprint density at radius 2 is 2.20 bits per heavy atom. The van der Waals surface area contributed by atoms with Crippen molar-refractivity contribution in [3.05, 3.63) is 35.9 Å². The molecule has 0 aliphatic carbocycles. The molecule has 0 aromatic heterocycles. The van der Waals surface area contributed by atoms with Gasteiger partial charge in [0.15, 0.2) is 0 Å². The number of aliphatic hydroxyl groups excluding tert-OH is 1. The van der Waals surface area contributed by atoms with E-state index in [-0.39, 0.29) is 12.7 Å².